The lowest BCUT2D eigenvalue weighted by molar-refractivity contribution is 0.0526. The van der Waals surface area contributed by atoms with Crippen LogP contribution in [0.4, 0.5) is 10.5 Å². The molecule has 23 heavy (non-hydrogen) atoms. The van der Waals surface area contributed by atoms with Crippen LogP contribution in [0.1, 0.15) is 23.7 Å². The van der Waals surface area contributed by atoms with Crippen molar-refractivity contribution in [3.8, 4) is 0 Å². The zero-order valence-corrected chi connectivity index (χ0v) is 13.0. The number of carbonyl (C=O) groups excluding carboxylic acids is 2. The number of amides is 2. The number of nitrogens with zero attached hydrogens (tertiary/aromatic N) is 2. The van der Waals surface area contributed by atoms with Crippen LogP contribution in [0.5, 0.6) is 0 Å². The van der Waals surface area contributed by atoms with Crippen molar-refractivity contribution < 1.29 is 14.3 Å². The van der Waals surface area contributed by atoms with Crippen LogP contribution in [0.2, 0.25) is 0 Å². The second-order valence-corrected chi connectivity index (χ2v) is 4.80. The summed E-state index contributed by atoms with van der Waals surface area (Å²) in [5.74, 6) is -0.373. The van der Waals surface area contributed by atoms with Crippen molar-refractivity contribution in [2.45, 2.75) is 19.9 Å². The highest BCUT2D eigenvalue weighted by molar-refractivity contribution is 5.92. The molecular weight excluding hydrogens is 296 g/mol. The Morgan fingerprint density at radius 1 is 1.26 bits per heavy atom. The third-order valence-corrected chi connectivity index (χ3v) is 3.06. The maximum atomic E-state index is 11.8. The molecule has 0 saturated carbocycles. The average molecular weight is 316 g/mol. The van der Waals surface area contributed by atoms with Gasteiger partial charge in [-0.3, -0.25) is 4.68 Å². The number of esters is 1. The summed E-state index contributed by atoms with van der Waals surface area (Å²) >= 11 is 0. The molecule has 7 heteroatoms. The number of hydrogen-bond acceptors (Lipinski definition) is 4. The molecule has 0 aliphatic heterocycles. The van der Waals surface area contributed by atoms with Gasteiger partial charge in [-0.05, 0) is 43.7 Å². The first kappa shape index (κ1) is 16.5. The number of urea groups is 1. The molecule has 0 aliphatic rings. The number of carbonyl (C=O) groups is 2. The van der Waals surface area contributed by atoms with Gasteiger partial charge in [0, 0.05) is 31.2 Å². The summed E-state index contributed by atoms with van der Waals surface area (Å²) in [6.45, 7) is 3.39. The van der Waals surface area contributed by atoms with E-state index >= 15 is 0 Å². The molecule has 0 spiro atoms. The number of anilines is 1. The maximum Gasteiger partial charge on any atom is 0.338 e. The lowest BCUT2D eigenvalue weighted by Crippen LogP contribution is -2.30. The first-order chi connectivity index (χ1) is 11.2. The lowest BCUT2D eigenvalue weighted by atomic mass is 10.2. The molecule has 2 aromatic rings. The topological polar surface area (TPSA) is 85.2 Å². The fourth-order valence-electron chi connectivity index (χ4n) is 1.96. The van der Waals surface area contributed by atoms with E-state index < -0.39 is 0 Å². The van der Waals surface area contributed by atoms with Gasteiger partial charge in [0.2, 0.25) is 0 Å². The van der Waals surface area contributed by atoms with Crippen molar-refractivity contribution in [3.05, 3.63) is 48.3 Å². The summed E-state index contributed by atoms with van der Waals surface area (Å²) in [4.78, 5) is 23.3. The summed E-state index contributed by atoms with van der Waals surface area (Å²) < 4.78 is 6.71. The van der Waals surface area contributed by atoms with Crippen molar-refractivity contribution in [2.75, 3.05) is 18.5 Å². The van der Waals surface area contributed by atoms with Gasteiger partial charge in [-0.1, -0.05) is 0 Å². The van der Waals surface area contributed by atoms with E-state index in [1.54, 1.807) is 37.4 Å². The van der Waals surface area contributed by atoms with Crippen molar-refractivity contribution in [1.29, 1.82) is 0 Å². The predicted octanol–water partition coefficient (Wildman–Crippen LogP) is 2.27. The van der Waals surface area contributed by atoms with E-state index in [1.807, 2.05) is 16.9 Å². The summed E-state index contributed by atoms with van der Waals surface area (Å²) in [6.07, 6.45) is 4.39. The number of hydrogen-bond donors (Lipinski definition) is 2. The SMILES string of the molecule is CCOC(=O)c1ccc(NC(=O)NCCCn2cccn2)cc1. The molecule has 0 fully saturated rings. The molecule has 0 bridgehead atoms. The van der Waals surface area contributed by atoms with E-state index in [9.17, 15) is 9.59 Å². The number of aryl methyl sites for hydroxylation is 1. The van der Waals surface area contributed by atoms with E-state index in [2.05, 4.69) is 15.7 Å². The number of ether oxygens (including phenoxy) is 1. The molecule has 2 rings (SSSR count). The second kappa shape index (κ2) is 8.57. The van der Waals surface area contributed by atoms with Crippen LogP contribution in [-0.2, 0) is 11.3 Å². The molecular formula is C16H20N4O3. The molecule has 2 N–H and O–H groups in total. The molecule has 0 unspecified atom stereocenters. The highest BCUT2D eigenvalue weighted by Crippen LogP contribution is 2.10. The highest BCUT2D eigenvalue weighted by atomic mass is 16.5. The monoisotopic (exact) mass is 316 g/mol. The second-order valence-electron chi connectivity index (χ2n) is 4.80. The average Bonchev–Trinajstić information content (AvgIpc) is 3.06. The van der Waals surface area contributed by atoms with Crippen molar-refractivity contribution in [2.24, 2.45) is 0 Å². The quantitative estimate of drug-likeness (QED) is 0.606. The van der Waals surface area contributed by atoms with Gasteiger partial charge >= 0.3 is 12.0 Å². The van der Waals surface area contributed by atoms with E-state index in [0.29, 0.717) is 24.4 Å². The molecule has 0 radical (unpaired) electrons. The normalized spacial score (nSPS) is 10.1. The van der Waals surface area contributed by atoms with E-state index in [0.717, 1.165) is 13.0 Å². The summed E-state index contributed by atoms with van der Waals surface area (Å²) in [5, 5.41) is 9.56. The van der Waals surface area contributed by atoms with Gasteiger partial charge in [-0.25, -0.2) is 9.59 Å². The Labute approximate surface area is 134 Å². The zero-order valence-electron chi connectivity index (χ0n) is 13.0. The van der Waals surface area contributed by atoms with Gasteiger partial charge < -0.3 is 15.4 Å². The smallest absolute Gasteiger partial charge is 0.338 e. The fraction of sp³-hybridized carbons (Fsp3) is 0.312. The summed E-state index contributed by atoms with van der Waals surface area (Å²) in [7, 11) is 0. The minimum absolute atomic E-state index is 0.283. The molecule has 0 atom stereocenters. The van der Waals surface area contributed by atoms with Gasteiger partial charge in [0.15, 0.2) is 0 Å². The number of benzene rings is 1. The molecule has 1 aromatic heterocycles. The first-order valence-electron chi connectivity index (χ1n) is 7.48. The Morgan fingerprint density at radius 2 is 2.04 bits per heavy atom. The van der Waals surface area contributed by atoms with E-state index in [-0.39, 0.29) is 12.0 Å². The van der Waals surface area contributed by atoms with Gasteiger partial charge in [0.1, 0.15) is 0 Å². The van der Waals surface area contributed by atoms with Gasteiger partial charge in [0.05, 0.1) is 12.2 Å². The first-order valence-corrected chi connectivity index (χ1v) is 7.48. The molecule has 2 amide bonds. The maximum absolute atomic E-state index is 11.8. The van der Waals surface area contributed by atoms with E-state index in [1.165, 1.54) is 0 Å². The Morgan fingerprint density at radius 3 is 2.70 bits per heavy atom. The molecule has 1 aromatic carbocycles. The van der Waals surface area contributed by atoms with Crippen LogP contribution >= 0.6 is 0 Å². The van der Waals surface area contributed by atoms with Crippen molar-refractivity contribution in [3.63, 3.8) is 0 Å². The van der Waals surface area contributed by atoms with Gasteiger partial charge in [0.25, 0.3) is 0 Å². The summed E-state index contributed by atoms with van der Waals surface area (Å²) in [5.41, 5.74) is 1.07. The Bertz CT molecular complexity index is 623. The van der Waals surface area contributed by atoms with Crippen LogP contribution in [-0.4, -0.2) is 34.9 Å². The van der Waals surface area contributed by atoms with E-state index in [4.69, 9.17) is 4.74 Å². The predicted molar refractivity (Wildman–Crippen MR) is 86.3 cm³/mol. The van der Waals surface area contributed by atoms with Crippen molar-refractivity contribution in [1.82, 2.24) is 15.1 Å². The zero-order chi connectivity index (χ0) is 16.5. The van der Waals surface area contributed by atoms with Crippen LogP contribution in [0, 0.1) is 0 Å². The fourth-order valence-corrected chi connectivity index (χ4v) is 1.96. The molecule has 122 valence electrons. The molecule has 0 aliphatic carbocycles. The molecule has 0 saturated heterocycles. The number of aromatic nitrogens is 2. The van der Waals surface area contributed by atoms with Crippen LogP contribution in [0.25, 0.3) is 0 Å². The highest BCUT2D eigenvalue weighted by Gasteiger charge is 2.06. The number of rotatable bonds is 7. The van der Waals surface area contributed by atoms with Gasteiger partial charge in [-0.15, -0.1) is 0 Å². The summed E-state index contributed by atoms with van der Waals surface area (Å²) in [6, 6.07) is 8.14. The van der Waals surface area contributed by atoms with Crippen molar-refractivity contribution >= 4 is 17.7 Å². The van der Waals surface area contributed by atoms with Crippen LogP contribution in [0.3, 0.4) is 0 Å². The van der Waals surface area contributed by atoms with Crippen LogP contribution in [0.15, 0.2) is 42.7 Å². The molecule has 7 nitrogen and oxygen atoms in total. The minimum Gasteiger partial charge on any atom is -0.462 e. The third-order valence-electron chi connectivity index (χ3n) is 3.06. The van der Waals surface area contributed by atoms with Gasteiger partial charge in [-0.2, -0.15) is 5.10 Å². The number of nitrogens with one attached hydrogen (secondary N) is 2. The minimum atomic E-state index is -0.373. The Kier molecular flexibility index (Phi) is 6.17. The lowest BCUT2D eigenvalue weighted by Gasteiger charge is -2.08. The Balaban J connectivity index is 1.71. The Hall–Kier alpha value is -2.83. The largest absolute Gasteiger partial charge is 0.462 e. The molecule has 1 heterocycles. The standard InChI is InChI=1S/C16H20N4O3/c1-2-23-15(21)13-5-7-14(8-6-13)19-16(22)17-9-3-11-20-12-4-10-18-20/h4-8,10,12H,2-3,9,11H2,1H3,(H2,17,19,22). The third kappa shape index (κ3) is 5.46. The van der Waals surface area contributed by atoms with Crippen LogP contribution < -0.4 is 10.6 Å².